The van der Waals surface area contributed by atoms with E-state index in [-0.39, 0.29) is 30.7 Å². The molecule has 1 aromatic heterocycles. The van der Waals surface area contributed by atoms with Gasteiger partial charge in [0.05, 0.1) is 19.0 Å². The van der Waals surface area contributed by atoms with Crippen molar-refractivity contribution in [1.29, 1.82) is 0 Å². The Morgan fingerprint density at radius 2 is 2.03 bits per heavy atom. The molecule has 2 amide bonds. The van der Waals surface area contributed by atoms with Gasteiger partial charge in [-0.15, -0.1) is 0 Å². The fourth-order valence-electron chi connectivity index (χ4n) is 3.46. The molecule has 1 aliphatic rings. The Balaban J connectivity index is 1.71. The Morgan fingerprint density at radius 1 is 1.27 bits per heavy atom. The van der Waals surface area contributed by atoms with Crippen molar-refractivity contribution in [3.8, 4) is 17.2 Å². The van der Waals surface area contributed by atoms with E-state index in [4.69, 9.17) is 15.2 Å². The molecular formula is C21H19FN4O4. The zero-order chi connectivity index (χ0) is 21.3. The first-order valence-electron chi connectivity index (χ1n) is 9.19. The number of primary amides is 1. The summed E-state index contributed by atoms with van der Waals surface area (Å²) in [7, 11) is 1.49. The highest BCUT2D eigenvalue weighted by molar-refractivity contribution is 5.94. The number of aromatic nitrogens is 2. The molecule has 0 saturated heterocycles. The first-order chi connectivity index (χ1) is 14.5. The van der Waals surface area contributed by atoms with Crippen LogP contribution in [0.25, 0.3) is 5.69 Å². The molecule has 2 heterocycles. The van der Waals surface area contributed by atoms with Crippen LogP contribution in [0.4, 0.5) is 10.2 Å². The number of hydrogen-bond donors (Lipinski definition) is 2. The number of methoxy groups -OCH3 is 1. The number of benzene rings is 2. The summed E-state index contributed by atoms with van der Waals surface area (Å²) in [6, 6.07) is 11.1. The minimum absolute atomic E-state index is 0.163. The molecule has 1 atom stereocenters. The van der Waals surface area contributed by atoms with Gasteiger partial charge in [-0.05, 0) is 42.0 Å². The molecule has 0 spiro atoms. The number of halogens is 1. The van der Waals surface area contributed by atoms with Crippen LogP contribution in [0.5, 0.6) is 11.5 Å². The average Bonchev–Trinajstić information content (AvgIpc) is 3.15. The van der Waals surface area contributed by atoms with E-state index in [2.05, 4.69) is 10.4 Å². The van der Waals surface area contributed by atoms with E-state index in [9.17, 15) is 14.0 Å². The minimum atomic E-state index is -0.595. The van der Waals surface area contributed by atoms with Crippen molar-refractivity contribution in [1.82, 2.24) is 9.78 Å². The molecular weight excluding hydrogens is 391 g/mol. The number of amides is 2. The Labute approximate surface area is 171 Å². The third-order valence-corrected chi connectivity index (χ3v) is 4.85. The first kappa shape index (κ1) is 19.4. The summed E-state index contributed by atoms with van der Waals surface area (Å²) in [5.41, 5.74) is 7.41. The number of carbonyl (C=O) groups is 2. The number of nitrogens with one attached hydrogen (secondary N) is 1. The van der Waals surface area contributed by atoms with Crippen LogP contribution in [-0.4, -0.2) is 35.3 Å². The van der Waals surface area contributed by atoms with Crippen molar-refractivity contribution in [3.05, 3.63) is 65.6 Å². The number of carbonyl (C=O) groups excluding carboxylic acids is 2. The Morgan fingerprint density at radius 3 is 2.73 bits per heavy atom. The van der Waals surface area contributed by atoms with Crippen LogP contribution in [0.15, 0.2) is 48.7 Å². The second-order valence-corrected chi connectivity index (χ2v) is 6.81. The standard InChI is InChI=1S/C21H19FN4O4/c1-29-18-8-12(2-7-17(18)30-11-19(23)27)15-9-20(28)25-21-16(15)10-24-26(21)14-5-3-13(22)4-6-14/h2-8,10,15H,9,11H2,1H3,(H2,23,27)(H,25,28)/t15-/m1/s1. The lowest BCUT2D eigenvalue weighted by Gasteiger charge is -2.24. The molecule has 0 fully saturated rings. The van der Waals surface area contributed by atoms with Gasteiger partial charge >= 0.3 is 0 Å². The maximum Gasteiger partial charge on any atom is 0.255 e. The highest BCUT2D eigenvalue weighted by Gasteiger charge is 2.31. The van der Waals surface area contributed by atoms with Crippen LogP contribution in [0.1, 0.15) is 23.5 Å². The van der Waals surface area contributed by atoms with Gasteiger partial charge in [-0.3, -0.25) is 9.59 Å². The molecule has 154 valence electrons. The summed E-state index contributed by atoms with van der Waals surface area (Å²) in [6.07, 6.45) is 1.92. The smallest absolute Gasteiger partial charge is 0.255 e. The Hall–Kier alpha value is -3.88. The molecule has 0 aliphatic carbocycles. The van der Waals surface area contributed by atoms with Gasteiger partial charge in [0.1, 0.15) is 11.6 Å². The van der Waals surface area contributed by atoms with Crippen LogP contribution in [0.3, 0.4) is 0 Å². The number of nitrogens with zero attached hydrogens (tertiary/aromatic N) is 2. The minimum Gasteiger partial charge on any atom is -0.493 e. The monoisotopic (exact) mass is 410 g/mol. The number of fused-ring (bicyclic) bond motifs is 1. The quantitative estimate of drug-likeness (QED) is 0.649. The number of ether oxygens (including phenoxy) is 2. The maximum absolute atomic E-state index is 13.3. The Bertz CT molecular complexity index is 1110. The topological polar surface area (TPSA) is 108 Å². The fraction of sp³-hybridized carbons (Fsp3) is 0.190. The highest BCUT2D eigenvalue weighted by atomic mass is 19.1. The molecule has 0 bridgehead atoms. The van der Waals surface area contributed by atoms with E-state index < -0.39 is 5.91 Å². The predicted molar refractivity (Wildman–Crippen MR) is 106 cm³/mol. The molecule has 1 aliphatic heterocycles. The molecule has 0 radical (unpaired) electrons. The molecule has 9 heteroatoms. The zero-order valence-corrected chi connectivity index (χ0v) is 16.1. The van der Waals surface area contributed by atoms with Crippen molar-refractivity contribution < 1.29 is 23.5 Å². The van der Waals surface area contributed by atoms with Gasteiger partial charge in [-0.25, -0.2) is 9.07 Å². The molecule has 0 unspecified atom stereocenters. The molecule has 0 saturated carbocycles. The van der Waals surface area contributed by atoms with Crippen LogP contribution in [-0.2, 0) is 9.59 Å². The van der Waals surface area contributed by atoms with Gasteiger partial charge in [-0.2, -0.15) is 5.10 Å². The molecule has 3 aromatic rings. The van der Waals surface area contributed by atoms with Crippen LogP contribution < -0.4 is 20.5 Å². The van der Waals surface area contributed by atoms with Crippen molar-refractivity contribution in [3.63, 3.8) is 0 Å². The lowest BCUT2D eigenvalue weighted by Crippen LogP contribution is -2.24. The van der Waals surface area contributed by atoms with E-state index in [1.54, 1.807) is 41.2 Å². The van der Waals surface area contributed by atoms with Crippen LogP contribution >= 0.6 is 0 Å². The average molecular weight is 410 g/mol. The third-order valence-electron chi connectivity index (χ3n) is 4.85. The summed E-state index contributed by atoms with van der Waals surface area (Å²) in [6.45, 7) is -0.268. The summed E-state index contributed by atoms with van der Waals surface area (Å²) >= 11 is 0. The number of rotatable bonds is 6. The number of nitrogens with two attached hydrogens (primary N) is 1. The van der Waals surface area contributed by atoms with Gasteiger partial charge in [0.25, 0.3) is 5.91 Å². The van der Waals surface area contributed by atoms with Gasteiger partial charge in [-0.1, -0.05) is 6.07 Å². The van der Waals surface area contributed by atoms with Crippen molar-refractivity contribution in [2.45, 2.75) is 12.3 Å². The van der Waals surface area contributed by atoms with Crippen molar-refractivity contribution in [2.24, 2.45) is 5.73 Å². The molecule has 3 N–H and O–H groups in total. The van der Waals surface area contributed by atoms with Gasteiger partial charge < -0.3 is 20.5 Å². The number of anilines is 1. The molecule has 8 nitrogen and oxygen atoms in total. The Kier molecular flexibility index (Phi) is 5.09. The van der Waals surface area contributed by atoms with Crippen molar-refractivity contribution >= 4 is 17.6 Å². The lowest BCUT2D eigenvalue weighted by atomic mass is 9.87. The van der Waals surface area contributed by atoms with Gasteiger partial charge in [0, 0.05) is 17.9 Å². The zero-order valence-electron chi connectivity index (χ0n) is 16.1. The van der Waals surface area contributed by atoms with E-state index in [0.717, 1.165) is 11.1 Å². The normalized spacial score (nSPS) is 15.3. The second kappa shape index (κ2) is 7.86. The fourth-order valence-corrected chi connectivity index (χ4v) is 3.46. The molecule has 4 rings (SSSR count). The van der Waals surface area contributed by atoms with E-state index in [0.29, 0.717) is 23.0 Å². The van der Waals surface area contributed by atoms with E-state index in [1.165, 1.54) is 19.2 Å². The van der Waals surface area contributed by atoms with E-state index >= 15 is 0 Å². The third kappa shape index (κ3) is 3.69. The SMILES string of the molecule is COc1cc([C@H]2CC(=O)Nc3c2cnn3-c2ccc(F)cc2)ccc1OCC(N)=O. The molecule has 2 aromatic carbocycles. The largest absolute Gasteiger partial charge is 0.493 e. The van der Waals surface area contributed by atoms with Gasteiger partial charge in [0.2, 0.25) is 5.91 Å². The summed E-state index contributed by atoms with van der Waals surface area (Å²) < 4.78 is 25.6. The van der Waals surface area contributed by atoms with E-state index in [1.807, 2.05) is 0 Å². The summed E-state index contributed by atoms with van der Waals surface area (Å²) in [5.74, 6) is -0.0348. The summed E-state index contributed by atoms with van der Waals surface area (Å²) in [5, 5.41) is 7.24. The van der Waals surface area contributed by atoms with Crippen LogP contribution in [0, 0.1) is 5.82 Å². The number of hydrogen-bond acceptors (Lipinski definition) is 5. The van der Waals surface area contributed by atoms with Crippen LogP contribution in [0.2, 0.25) is 0 Å². The molecule has 30 heavy (non-hydrogen) atoms. The first-order valence-corrected chi connectivity index (χ1v) is 9.19. The van der Waals surface area contributed by atoms with Gasteiger partial charge in [0.15, 0.2) is 18.1 Å². The second-order valence-electron chi connectivity index (χ2n) is 6.81. The lowest BCUT2D eigenvalue weighted by molar-refractivity contribution is -0.120. The maximum atomic E-state index is 13.3. The summed E-state index contributed by atoms with van der Waals surface area (Å²) in [4.78, 5) is 23.4. The highest BCUT2D eigenvalue weighted by Crippen LogP contribution is 2.40. The predicted octanol–water partition coefficient (Wildman–Crippen LogP) is 2.36. The van der Waals surface area contributed by atoms with Crippen molar-refractivity contribution in [2.75, 3.05) is 19.0 Å².